The van der Waals surface area contributed by atoms with Crippen molar-refractivity contribution in [3.05, 3.63) is 35.9 Å². The van der Waals surface area contributed by atoms with Crippen LogP contribution in [0.1, 0.15) is 23.7 Å². The summed E-state index contributed by atoms with van der Waals surface area (Å²) in [4.78, 5) is 23.6. The molecule has 0 bridgehead atoms. The van der Waals surface area contributed by atoms with E-state index >= 15 is 0 Å². The molecule has 1 fully saturated rings. The lowest BCUT2D eigenvalue weighted by molar-refractivity contribution is -0.131. The number of hydrogen-bond acceptors (Lipinski definition) is 3. The standard InChI is InChI=1S/C14H17NO3/c1-10-7-8-18-13(10)14(17)15-9-12(16)11-5-3-2-4-6-11/h2-6,10,13H,7-9H2,1H3,(H,15,17). The zero-order valence-electron chi connectivity index (χ0n) is 10.4. The van der Waals surface area contributed by atoms with Gasteiger partial charge in [-0.05, 0) is 12.3 Å². The van der Waals surface area contributed by atoms with Gasteiger partial charge in [0.25, 0.3) is 0 Å². The Labute approximate surface area is 106 Å². The topological polar surface area (TPSA) is 55.4 Å². The summed E-state index contributed by atoms with van der Waals surface area (Å²) in [6, 6.07) is 8.93. The van der Waals surface area contributed by atoms with Crippen molar-refractivity contribution in [3.63, 3.8) is 0 Å². The van der Waals surface area contributed by atoms with E-state index in [2.05, 4.69) is 5.32 Å². The van der Waals surface area contributed by atoms with Crippen LogP contribution in [-0.4, -0.2) is 30.9 Å². The van der Waals surface area contributed by atoms with Crippen molar-refractivity contribution >= 4 is 11.7 Å². The van der Waals surface area contributed by atoms with Crippen molar-refractivity contribution in [1.29, 1.82) is 0 Å². The number of Topliss-reactive ketones (excluding diaryl/α,β-unsaturated/α-hetero) is 1. The summed E-state index contributed by atoms with van der Waals surface area (Å²) in [6.07, 6.45) is 0.485. The van der Waals surface area contributed by atoms with Gasteiger partial charge in [-0.25, -0.2) is 0 Å². The minimum absolute atomic E-state index is 0.0232. The molecule has 0 saturated carbocycles. The van der Waals surface area contributed by atoms with Gasteiger partial charge in [-0.1, -0.05) is 37.3 Å². The molecule has 1 saturated heterocycles. The maximum atomic E-state index is 11.8. The molecule has 0 aliphatic carbocycles. The van der Waals surface area contributed by atoms with E-state index < -0.39 is 6.10 Å². The molecule has 1 aromatic carbocycles. The molecule has 1 amide bonds. The van der Waals surface area contributed by atoms with E-state index in [4.69, 9.17) is 4.74 Å². The Kier molecular flexibility index (Phi) is 4.10. The Morgan fingerprint density at radius 2 is 2.06 bits per heavy atom. The maximum Gasteiger partial charge on any atom is 0.249 e. The molecule has 2 atom stereocenters. The van der Waals surface area contributed by atoms with Gasteiger partial charge in [0.05, 0.1) is 6.54 Å². The molecule has 18 heavy (non-hydrogen) atoms. The van der Waals surface area contributed by atoms with Gasteiger partial charge in [0, 0.05) is 12.2 Å². The quantitative estimate of drug-likeness (QED) is 0.818. The molecule has 0 spiro atoms. The van der Waals surface area contributed by atoms with Gasteiger partial charge in [-0.3, -0.25) is 9.59 Å². The SMILES string of the molecule is CC1CCOC1C(=O)NCC(=O)c1ccccc1. The van der Waals surface area contributed by atoms with E-state index in [0.717, 1.165) is 6.42 Å². The first-order chi connectivity index (χ1) is 8.68. The van der Waals surface area contributed by atoms with Gasteiger partial charge in [-0.2, -0.15) is 0 Å². The maximum absolute atomic E-state index is 11.8. The molecule has 1 aliphatic heterocycles. The Morgan fingerprint density at radius 3 is 2.67 bits per heavy atom. The molecule has 2 unspecified atom stereocenters. The second-order valence-corrected chi connectivity index (χ2v) is 4.56. The molecular weight excluding hydrogens is 230 g/mol. The van der Waals surface area contributed by atoms with Crippen LogP contribution >= 0.6 is 0 Å². The summed E-state index contributed by atoms with van der Waals surface area (Å²) in [6.45, 7) is 2.62. The van der Waals surface area contributed by atoms with Crippen molar-refractivity contribution in [2.24, 2.45) is 5.92 Å². The van der Waals surface area contributed by atoms with E-state index in [9.17, 15) is 9.59 Å². The Hall–Kier alpha value is -1.68. The Bertz CT molecular complexity index is 430. The van der Waals surface area contributed by atoms with Crippen LogP contribution in [0.5, 0.6) is 0 Å². The van der Waals surface area contributed by atoms with E-state index in [0.29, 0.717) is 12.2 Å². The number of hydrogen-bond donors (Lipinski definition) is 1. The summed E-state index contributed by atoms with van der Waals surface area (Å²) in [5, 5.41) is 2.64. The largest absolute Gasteiger partial charge is 0.368 e. The van der Waals surface area contributed by atoms with Crippen LogP contribution in [0, 0.1) is 5.92 Å². The lowest BCUT2D eigenvalue weighted by Crippen LogP contribution is -2.39. The van der Waals surface area contributed by atoms with Crippen LogP contribution in [0.4, 0.5) is 0 Å². The summed E-state index contributed by atoms with van der Waals surface area (Å²) >= 11 is 0. The Balaban J connectivity index is 1.85. The van der Waals surface area contributed by atoms with Gasteiger partial charge in [0.15, 0.2) is 5.78 Å². The molecular formula is C14H17NO3. The highest BCUT2D eigenvalue weighted by Gasteiger charge is 2.30. The number of ether oxygens (including phenoxy) is 1. The third-order valence-corrected chi connectivity index (χ3v) is 3.16. The van der Waals surface area contributed by atoms with E-state index in [-0.39, 0.29) is 24.2 Å². The van der Waals surface area contributed by atoms with Crippen molar-refractivity contribution in [2.45, 2.75) is 19.4 Å². The molecule has 0 radical (unpaired) electrons. The minimum Gasteiger partial charge on any atom is -0.368 e. The van der Waals surface area contributed by atoms with Crippen LogP contribution in [0.25, 0.3) is 0 Å². The third kappa shape index (κ3) is 2.96. The van der Waals surface area contributed by atoms with E-state index in [1.54, 1.807) is 24.3 Å². The first-order valence-corrected chi connectivity index (χ1v) is 6.16. The number of carbonyl (C=O) groups excluding carboxylic acids is 2. The zero-order valence-corrected chi connectivity index (χ0v) is 10.4. The molecule has 1 aliphatic rings. The molecule has 1 heterocycles. The number of nitrogens with one attached hydrogen (secondary N) is 1. The number of ketones is 1. The molecule has 4 nitrogen and oxygen atoms in total. The summed E-state index contributed by atoms with van der Waals surface area (Å²) in [5.41, 5.74) is 0.609. The van der Waals surface area contributed by atoms with Crippen molar-refractivity contribution in [1.82, 2.24) is 5.32 Å². The smallest absolute Gasteiger partial charge is 0.249 e. The lowest BCUT2D eigenvalue weighted by Gasteiger charge is -2.13. The average molecular weight is 247 g/mol. The molecule has 2 rings (SSSR count). The summed E-state index contributed by atoms with van der Waals surface area (Å²) in [7, 11) is 0. The lowest BCUT2D eigenvalue weighted by atomic mass is 10.0. The van der Waals surface area contributed by atoms with Crippen LogP contribution in [0.15, 0.2) is 30.3 Å². The molecule has 0 aromatic heterocycles. The first kappa shape index (κ1) is 12.8. The van der Waals surface area contributed by atoms with Gasteiger partial charge in [0.1, 0.15) is 6.10 Å². The fourth-order valence-electron chi connectivity index (χ4n) is 2.02. The van der Waals surface area contributed by atoms with Gasteiger partial charge < -0.3 is 10.1 Å². The molecule has 96 valence electrons. The highest BCUT2D eigenvalue weighted by atomic mass is 16.5. The normalized spacial score (nSPS) is 22.7. The number of amides is 1. The second-order valence-electron chi connectivity index (χ2n) is 4.56. The molecule has 4 heteroatoms. The fourth-order valence-corrected chi connectivity index (χ4v) is 2.02. The van der Waals surface area contributed by atoms with Crippen molar-refractivity contribution in [2.75, 3.05) is 13.2 Å². The average Bonchev–Trinajstić information content (AvgIpc) is 2.83. The van der Waals surface area contributed by atoms with Gasteiger partial charge >= 0.3 is 0 Å². The number of carbonyl (C=O) groups is 2. The first-order valence-electron chi connectivity index (χ1n) is 6.16. The van der Waals surface area contributed by atoms with Gasteiger partial charge in [-0.15, -0.1) is 0 Å². The van der Waals surface area contributed by atoms with Crippen LogP contribution in [-0.2, 0) is 9.53 Å². The fraction of sp³-hybridized carbons (Fsp3) is 0.429. The minimum atomic E-state index is -0.409. The second kappa shape index (κ2) is 5.78. The Morgan fingerprint density at radius 1 is 1.33 bits per heavy atom. The monoisotopic (exact) mass is 247 g/mol. The number of benzene rings is 1. The van der Waals surface area contributed by atoms with Crippen molar-refractivity contribution in [3.8, 4) is 0 Å². The van der Waals surface area contributed by atoms with E-state index in [1.807, 2.05) is 13.0 Å². The molecule has 1 aromatic rings. The summed E-state index contributed by atoms with van der Waals surface area (Å²) in [5.74, 6) is -0.0595. The van der Waals surface area contributed by atoms with Crippen LogP contribution in [0.2, 0.25) is 0 Å². The zero-order chi connectivity index (χ0) is 13.0. The van der Waals surface area contributed by atoms with Crippen LogP contribution < -0.4 is 5.32 Å². The van der Waals surface area contributed by atoms with Gasteiger partial charge in [0.2, 0.25) is 5.91 Å². The van der Waals surface area contributed by atoms with E-state index in [1.165, 1.54) is 0 Å². The predicted octanol–water partition coefficient (Wildman–Crippen LogP) is 1.41. The number of rotatable bonds is 4. The molecule has 1 N–H and O–H groups in total. The van der Waals surface area contributed by atoms with Crippen molar-refractivity contribution < 1.29 is 14.3 Å². The third-order valence-electron chi connectivity index (χ3n) is 3.16. The highest BCUT2D eigenvalue weighted by molar-refractivity contribution is 5.99. The highest BCUT2D eigenvalue weighted by Crippen LogP contribution is 2.19. The summed E-state index contributed by atoms with van der Waals surface area (Å²) < 4.78 is 5.34. The predicted molar refractivity (Wildman–Crippen MR) is 67.3 cm³/mol. The van der Waals surface area contributed by atoms with Crippen LogP contribution in [0.3, 0.4) is 0 Å².